The summed E-state index contributed by atoms with van der Waals surface area (Å²) < 4.78 is 0. The van der Waals surface area contributed by atoms with Gasteiger partial charge in [0, 0.05) is 24.7 Å². The highest BCUT2D eigenvalue weighted by Gasteiger charge is 2.20. The Morgan fingerprint density at radius 1 is 1.50 bits per heavy atom. The number of hydrogen-bond donors (Lipinski definition) is 2. The van der Waals surface area contributed by atoms with Crippen LogP contribution in [0.2, 0.25) is 0 Å². The maximum atomic E-state index is 12.5. The molecule has 0 fully saturated rings. The summed E-state index contributed by atoms with van der Waals surface area (Å²) in [6, 6.07) is 3.61. The molecule has 1 aromatic rings. The second-order valence-corrected chi connectivity index (χ2v) is 4.86. The molecule has 1 amide bonds. The molecule has 20 heavy (non-hydrogen) atoms. The lowest BCUT2D eigenvalue weighted by Crippen LogP contribution is -2.39. The Bertz CT molecular complexity index is 514. The van der Waals surface area contributed by atoms with E-state index in [1.807, 2.05) is 33.8 Å². The number of aromatic nitrogens is 1. The number of nitrogens with zero attached hydrogens (tertiary/aromatic N) is 3. The van der Waals surface area contributed by atoms with Crippen molar-refractivity contribution in [3.05, 3.63) is 29.1 Å². The Balaban J connectivity index is 2.92. The smallest absolute Gasteiger partial charge is 0.255 e. The zero-order valence-electron chi connectivity index (χ0n) is 12.4. The number of amides is 1. The molecule has 0 aliphatic carbocycles. The highest BCUT2D eigenvalue weighted by Crippen LogP contribution is 2.12. The highest BCUT2D eigenvalue weighted by atomic mass is 16.4. The van der Waals surface area contributed by atoms with E-state index >= 15 is 0 Å². The van der Waals surface area contributed by atoms with Gasteiger partial charge in [-0.1, -0.05) is 12.1 Å². The third-order valence-corrected chi connectivity index (χ3v) is 3.24. The number of oxime groups is 1. The third kappa shape index (κ3) is 3.69. The molecule has 0 saturated heterocycles. The predicted octanol–water partition coefficient (Wildman–Crippen LogP) is 1.54. The van der Waals surface area contributed by atoms with Crippen molar-refractivity contribution in [1.82, 2.24) is 9.88 Å². The van der Waals surface area contributed by atoms with Crippen LogP contribution in [0.1, 0.15) is 35.6 Å². The van der Waals surface area contributed by atoms with E-state index < -0.39 is 0 Å². The summed E-state index contributed by atoms with van der Waals surface area (Å²) in [7, 11) is 0. The first kappa shape index (κ1) is 15.9. The van der Waals surface area contributed by atoms with Gasteiger partial charge >= 0.3 is 0 Å². The Labute approximate surface area is 119 Å². The van der Waals surface area contributed by atoms with Crippen molar-refractivity contribution in [2.45, 2.75) is 27.7 Å². The molecule has 6 nitrogen and oxygen atoms in total. The van der Waals surface area contributed by atoms with E-state index in [9.17, 15) is 4.79 Å². The number of rotatable bonds is 5. The van der Waals surface area contributed by atoms with Gasteiger partial charge in [-0.05, 0) is 32.9 Å². The average Bonchev–Trinajstić information content (AvgIpc) is 2.42. The van der Waals surface area contributed by atoms with Crippen molar-refractivity contribution >= 4 is 11.7 Å². The number of pyridine rings is 1. The van der Waals surface area contributed by atoms with Crippen molar-refractivity contribution in [3.63, 3.8) is 0 Å². The molecule has 1 rings (SSSR count). The maximum absolute atomic E-state index is 12.5. The van der Waals surface area contributed by atoms with Crippen molar-refractivity contribution in [2.75, 3.05) is 13.1 Å². The summed E-state index contributed by atoms with van der Waals surface area (Å²) in [4.78, 5) is 18.5. The number of aryl methyl sites for hydroxylation is 2. The summed E-state index contributed by atoms with van der Waals surface area (Å²) >= 11 is 0. The standard InChI is InChI=1S/C14H22N4O2/c1-5-18(8-9(2)13(15)17-20)14(19)12-7-6-10(3)16-11(12)4/h6-7,9,20H,5,8H2,1-4H3,(H2,15,17). The fraction of sp³-hybridized carbons (Fsp3) is 0.500. The van der Waals surface area contributed by atoms with E-state index in [0.717, 1.165) is 5.69 Å². The molecule has 6 heteroatoms. The van der Waals surface area contributed by atoms with Crippen LogP contribution in [-0.2, 0) is 0 Å². The number of carbonyl (C=O) groups excluding carboxylic acids is 1. The third-order valence-electron chi connectivity index (χ3n) is 3.24. The lowest BCUT2D eigenvalue weighted by molar-refractivity contribution is 0.0752. The minimum atomic E-state index is -0.206. The molecule has 0 aliphatic rings. The van der Waals surface area contributed by atoms with Crippen LogP contribution in [0.5, 0.6) is 0 Å². The Morgan fingerprint density at radius 2 is 2.15 bits per heavy atom. The summed E-state index contributed by atoms with van der Waals surface area (Å²) in [6.45, 7) is 8.37. The van der Waals surface area contributed by atoms with Gasteiger partial charge in [0.05, 0.1) is 11.3 Å². The predicted molar refractivity (Wildman–Crippen MR) is 77.9 cm³/mol. The maximum Gasteiger partial charge on any atom is 0.255 e. The number of carbonyl (C=O) groups is 1. The van der Waals surface area contributed by atoms with Crippen LogP contribution in [-0.4, -0.2) is 39.9 Å². The fourth-order valence-corrected chi connectivity index (χ4v) is 1.96. The summed E-state index contributed by atoms with van der Waals surface area (Å²) in [5.41, 5.74) is 7.74. The minimum Gasteiger partial charge on any atom is -0.409 e. The quantitative estimate of drug-likeness (QED) is 0.370. The molecule has 1 heterocycles. The minimum absolute atomic E-state index is 0.0879. The van der Waals surface area contributed by atoms with Gasteiger partial charge in [0.15, 0.2) is 0 Å². The molecular weight excluding hydrogens is 256 g/mol. The molecule has 0 aliphatic heterocycles. The second-order valence-electron chi connectivity index (χ2n) is 4.86. The van der Waals surface area contributed by atoms with Gasteiger partial charge in [-0.25, -0.2) is 0 Å². The van der Waals surface area contributed by atoms with E-state index in [1.165, 1.54) is 0 Å². The zero-order valence-corrected chi connectivity index (χ0v) is 12.4. The number of nitrogens with two attached hydrogens (primary N) is 1. The van der Waals surface area contributed by atoms with Crippen LogP contribution in [0.3, 0.4) is 0 Å². The van der Waals surface area contributed by atoms with Gasteiger partial charge < -0.3 is 15.8 Å². The van der Waals surface area contributed by atoms with Crippen molar-refractivity contribution in [2.24, 2.45) is 16.8 Å². The summed E-state index contributed by atoms with van der Waals surface area (Å²) in [5.74, 6) is -0.173. The van der Waals surface area contributed by atoms with E-state index in [0.29, 0.717) is 24.3 Å². The molecule has 0 radical (unpaired) electrons. The van der Waals surface area contributed by atoms with Gasteiger partial charge in [-0.2, -0.15) is 0 Å². The summed E-state index contributed by atoms with van der Waals surface area (Å²) in [5, 5.41) is 11.7. The first-order valence-electron chi connectivity index (χ1n) is 6.61. The second kappa shape index (κ2) is 6.88. The van der Waals surface area contributed by atoms with Crippen LogP contribution >= 0.6 is 0 Å². The van der Waals surface area contributed by atoms with Crippen LogP contribution in [0.15, 0.2) is 17.3 Å². The lowest BCUT2D eigenvalue weighted by Gasteiger charge is -2.24. The molecule has 0 aromatic carbocycles. The van der Waals surface area contributed by atoms with Gasteiger partial charge in [-0.3, -0.25) is 9.78 Å². The van der Waals surface area contributed by atoms with E-state index in [1.54, 1.807) is 11.0 Å². The van der Waals surface area contributed by atoms with Crippen molar-refractivity contribution in [3.8, 4) is 0 Å². The number of hydrogen-bond acceptors (Lipinski definition) is 4. The van der Waals surface area contributed by atoms with Crippen LogP contribution in [0.4, 0.5) is 0 Å². The Kier molecular flexibility index (Phi) is 5.49. The Morgan fingerprint density at radius 3 is 2.65 bits per heavy atom. The fourth-order valence-electron chi connectivity index (χ4n) is 1.96. The topological polar surface area (TPSA) is 91.8 Å². The molecule has 1 aromatic heterocycles. The molecule has 1 atom stereocenters. The Hall–Kier alpha value is -2.11. The van der Waals surface area contributed by atoms with Gasteiger partial charge in [0.2, 0.25) is 0 Å². The van der Waals surface area contributed by atoms with Crippen molar-refractivity contribution in [1.29, 1.82) is 0 Å². The zero-order chi connectivity index (χ0) is 15.3. The number of amidine groups is 1. The van der Waals surface area contributed by atoms with E-state index in [-0.39, 0.29) is 17.7 Å². The molecule has 0 bridgehead atoms. The first-order valence-corrected chi connectivity index (χ1v) is 6.61. The molecular formula is C14H22N4O2. The van der Waals surface area contributed by atoms with Crippen LogP contribution in [0.25, 0.3) is 0 Å². The van der Waals surface area contributed by atoms with Gasteiger partial charge in [0.1, 0.15) is 5.84 Å². The molecule has 0 spiro atoms. The molecule has 1 unspecified atom stereocenters. The van der Waals surface area contributed by atoms with Gasteiger partial charge in [-0.15, -0.1) is 0 Å². The molecule has 0 saturated carbocycles. The normalized spacial score (nSPS) is 13.1. The lowest BCUT2D eigenvalue weighted by atomic mass is 10.1. The SMILES string of the molecule is CCN(CC(C)C(N)=NO)C(=O)c1ccc(C)nc1C. The monoisotopic (exact) mass is 278 g/mol. The largest absolute Gasteiger partial charge is 0.409 e. The van der Waals surface area contributed by atoms with Crippen LogP contribution < -0.4 is 5.73 Å². The highest BCUT2D eigenvalue weighted by molar-refractivity contribution is 5.95. The first-order chi connectivity index (χ1) is 9.40. The summed E-state index contributed by atoms with van der Waals surface area (Å²) in [6.07, 6.45) is 0. The molecule has 110 valence electrons. The van der Waals surface area contributed by atoms with Crippen LogP contribution in [0, 0.1) is 19.8 Å². The van der Waals surface area contributed by atoms with E-state index in [2.05, 4.69) is 10.1 Å². The average molecular weight is 278 g/mol. The molecule has 3 N–H and O–H groups in total. The van der Waals surface area contributed by atoms with Crippen molar-refractivity contribution < 1.29 is 10.0 Å². The van der Waals surface area contributed by atoms with Gasteiger partial charge in [0.25, 0.3) is 5.91 Å². The van der Waals surface area contributed by atoms with E-state index in [4.69, 9.17) is 10.9 Å².